The molecule has 0 unspecified atom stereocenters. The molecule has 1 aromatic carbocycles. The normalized spacial score (nSPS) is 20.5. The van der Waals surface area contributed by atoms with Gasteiger partial charge in [-0.1, -0.05) is 6.07 Å². The summed E-state index contributed by atoms with van der Waals surface area (Å²) in [5, 5.41) is 4.16. The van der Waals surface area contributed by atoms with Gasteiger partial charge >= 0.3 is 0 Å². The Kier molecular flexibility index (Phi) is 5.25. The Balaban J connectivity index is 1.34. The van der Waals surface area contributed by atoms with Crippen LogP contribution in [0.15, 0.2) is 47.3 Å². The van der Waals surface area contributed by atoms with E-state index in [0.29, 0.717) is 44.7 Å². The number of pyridine rings is 1. The lowest BCUT2D eigenvalue weighted by molar-refractivity contribution is -0.138. The van der Waals surface area contributed by atoms with Crippen LogP contribution >= 0.6 is 15.9 Å². The van der Waals surface area contributed by atoms with E-state index in [1.54, 1.807) is 45.9 Å². The third-order valence-corrected chi connectivity index (χ3v) is 7.47. The lowest BCUT2D eigenvalue weighted by atomic mass is 10.1. The minimum Gasteiger partial charge on any atom is -0.383 e. The van der Waals surface area contributed by atoms with Crippen molar-refractivity contribution in [3.63, 3.8) is 0 Å². The molecule has 2 aliphatic rings. The number of piperidine rings is 1. The number of nitrogens with zero attached hydrogens (tertiary/aromatic N) is 5. The molecule has 11 heteroatoms. The number of fused-ring (bicyclic) bond motifs is 4. The highest BCUT2D eigenvalue weighted by Gasteiger charge is 2.56. The number of nitrogen functional groups attached to an aromatic ring is 1. The summed E-state index contributed by atoms with van der Waals surface area (Å²) in [4.78, 5) is 53.3. The second-order valence-corrected chi connectivity index (χ2v) is 10.1. The summed E-state index contributed by atoms with van der Waals surface area (Å²) >= 11 is 3.31. The Bertz CT molecular complexity index is 1580. The largest absolute Gasteiger partial charge is 0.383 e. The summed E-state index contributed by atoms with van der Waals surface area (Å²) < 4.78 is 2.40. The van der Waals surface area contributed by atoms with E-state index >= 15 is 0 Å². The molecule has 1 saturated carbocycles. The smallest absolute Gasteiger partial charge is 0.248 e. The SMILES string of the molecule is CC(=O)c1ccc2c(c1)c1c(N)ncnc1n2CC(=O)N1[C@@H]2C[C@@H]2C[C@H]1C(=O)Nc1cccc(Br)n1. The van der Waals surface area contributed by atoms with Gasteiger partial charge in [-0.15, -0.1) is 0 Å². The first-order valence-electron chi connectivity index (χ1n) is 11.6. The monoisotopic (exact) mass is 547 g/mol. The molecule has 0 bridgehead atoms. The molecule has 0 radical (unpaired) electrons. The highest BCUT2D eigenvalue weighted by atomic mass is 79.9. The number of aromatic nitrogens is 4. The van der Waals surface area contributed by atoms with Crippen LogP contribution in [0.5, 0.6) is 0 Å². The van der Waals surface area contributed by atoms with E-state index in [0.717, 1.165) is 11.9 Å². The minimum atomic E-state index is -0.570. The average Bonchev–Trinajstić information content (AvgIpc) is 3.39. The van der Waals surface area contributed by atoms with Crippen molar-refractivity contribution in [2.45, 2.75) is 38.4 Å². The molecule has 6 rings (SSSR count). The molecule has 1 aliphatic carbocycles. The van der Waals surface area contributed by atoms with Gasteiger partial charge < -0.3 is 20.5 Å². The van der Waals surface area contributed by atoms with Crippen molar-refractivity contribution in [2.75, 3.05) is 11.1 Å². The molecule has 182 valence electrons. The van der Waals surface area contributed by atoms with Gasteiger partial charge in [0.2, 0.25) is 11.8 Å². The van der Waals surface area contributed by atoms with Gasteiger partial charge in [-0.2, -0.15) is 0 Å². The van der Waals surface area contributed by atoms with Crippen molar-refractivity contribution in [1.29, 1.82) is 0 Å². The molecule has 4 heterocycles. The first kappa shape index (κ1) is 22.6. The Morgan fingerprint density at radius 3 is 2.78 bits per heavy atom. The molecular weight excluding hydrogens is 526 g/mol. The molecular formula is C25H22BrN7O3. The predicted molar refractivity (Wildman–Crippen MR) is 137 cm³/mol. The van der Waals surface area contributed by atoms with E-state index < -0.39 is 6.04 Å². The van der Waals surface area contributed by atoms with Crippen molar-refractivity contribution in [2.24, 2.45) is 5.92 Å². The number of hydrogen-bond donors (Lipinski definition) is 2. The van der Waals surface area contributed by atoms with E-state index in [1.165, 1.54) is 13.3 Å². The zero-order valence-electron chi connectivity index (χ0n) is 19.3. The van der Waals surface area contributed by atoms with Gasteiger partial charge in [-0.3, -0.25) is 14.4 Å². The van der Waals surface area contributed by atoms with Crippen LogP contribution in [0.25, 0.3) is 21.9 Å². The number of Topliss-reactive ketones (excluding diaryl/α,β-unsaturated/α-hetero) is 1. The van der Waals surface area contributed by atoms with E-state index in [4.69, 9.17) is 5.73 Å². The standard InChI is InChI=1S/C25H22BrN7O3/c1-12(34)13-5-6-16-15(7-13)22-23(27)28-11-29-24(22)32(16)10-21(35)33-17-8-14(17)9-18(33)25(36)31-20-4-2-3-19(26)30-20/h2-7,11,14,17-18H,8-10H2,1H3,(H2,27,28,29)(H,30,31,36)/t14-,17-,18+/m1/s1. The van der Waals surface area contributed by atoms with Gasteiger partial charge in [0.25, 0.3) is 0 Å². The Morgan fingerprint density at radius 2 is 2.00 bits per heavy atom. The van der Waals surface area contributed by atoms with E-state index in [2.05, 4.69) is 36.2 Å². The maximum atomic E-state index is 13.7. The Hall–Kier alpha value is -3.86. The number of likely N-dealkylation sites (tertiary alicyclic amines) is 1. The van der Waals surface area contributed by atoms with Crippen LogP contribution in [0.1, 0.15) is 30.1 Å². The van der Waals surface area contributed by atoms with Gasteiger partial charge in [-0.05, 0) is 71.9 Å². The van der Waals surface area contributed by atoms with Crippen molar-refractivity contribution in [1.82, 2.24) is 24.4 Å². The summed E-state index contributed by atoms with van der Waals surface area (Å²) in [6, 6.07) is 10.0. The fourth-order valence-corrected chi connectivity index (χ4v) is 5.61. The molecule has 1 saturated heterocycles. The van der Waals surface area contributed by atoms with E-state index in [1.807, 2.05) is 0 Å². The predicted octanol–water partition coefficient (Wildman–Crippen LogP) is 3.15. The minimum absolute atomic E-state index is 0.0159. The highest BCUT2D eigenvalue weighted by Crippen LogP contribution is 2.48. The molecule has 3 N–H and O–H groups in total. The molecule has 3 aromatic heterocycles. The number of rotatable bonds is 5. The molecule has 4 aromatic rings. The van der Waals surface area contributed by atoms with Gasteiger partial charge in [0.15, 0.2) is 5.78 Å². The van der Waals surface area contributed by atoms with Crippen molar-refractivity contribution < 1.29 is 14.4 Å². The number of nitrogens with one attached hydrogen (secondary N) is 1. The number of carbonyl (C=O) groups is 3. The number of benzene rings is 1. The van der Waals surface area contributed by atoms with Crippen LogP contribution in [-0.2, 0) is 16.1 Å². The zero-order valence-corrected chi connectivity index (χ0v) is 20.9. The highest BCUT2D eigenvalue weighted by molar-refractivity contribution is 9.10. The molecule has 0 spiro atoms. The number of anilines is 2. The maximum absolute atomic E-state index is 13.7. The average molecular weight is 548 g/mol. The van der Waals surface area contributed by atoms with Crippen LogP contribution in [0.2, 0.25) is 0 Å². The quantitative estimate of drug-likeness (QED) is 0.289. The fraction of sp³-hybridized carbons (Fsp3) is 0.280. The summed E-state index contributed by atoms with van der Waals surface area (Å²) in [5.74, 6) is 0.539. The zero-order chi connectivity index (χ0) is 25.1. The number of nitrogens with two attached hydrogens (primary N) is 1. The molecule has 2 amide bonds. The second-order valence-electron chi connectivity index (χ2n) is 9.28. The van der Waals surface area contributed by atoms with Crippen LogP contribution in [-0.4, -0.2) is 54.1 Å². The summed E-state index contributed by atoms with van der Waals surface area (Å²) in [6.07, 6.45) is 2.88. The van der Waals surface area contributed by atoms with Crippen molar-refractivity contribution >= 4 is 67.1 Å². The summed E-state index contributed by atoms with van der Waals surface area (Å²) in [5.41, 5.74) is 7.95. The lowest BCUT2D eigenvalue weighted by Crippen LogP contribution is -2.46. The van der Waals surface area contributed by atoms with Crippen LogP contribution < -0.4 is 11.1 Å². The van der Waals surface area contributed by atoms with Crippen LogP contribution in [0.4, 0.5) is 11.6 Å². The first-order valence-corrected chi connectivity index (χ1v) is 12.4. The third-order valence-electron chi connectivity index (χ3n) is 7.03. The van der Waals surface area contributed by atoms with Crippen molar-refractivity contribution in [3.8, 4) is 0 Å². The molecule has 10 nitrogen and oxygen atoms in total. The second kappa shape index (κ2) is 8.37. The lowest BCUT2D eigenvalue weighted by Gasteiger charge is -2.27. The number of amides is 2. The van der Waals surface area contributed by atoms with Crippen LogP contribution in [0, 0.1) is 5.92 Å². The van der Waals surface area contributed by atoms with Gasteiger partial charge in [0, 0.05) is 17.0 Å². The molecule has 2 fully saturated rings. The number of halogens is 1. The Labute approximate surface area is 214 Å². The number of hydrogen-bond acceptors (Lipinski definition) is 7. The van der Waals surface area contributed by atoms with Gasteiger partial charge in [-0.25, -0.2) is 15.0 Å². The molecule has 36 heavy (non-hydrogen) atoms. The summed E-state index contributed by atoms with van der Waals surface area (Å²) in [6.45, 7) is 1.48. The van der Waals surface area contributed by atoms with Crippen molar-refractivity contribution in [3.05, 3.63) is 52.9 Å². The molecule has 1 aliphatic heterocycles. The number of ketones is 1. The third kappa shape index (κ3) is 3.70. The van der Waals surface area contributed by atoms with E-state index in [9.17, 15) is 14.4 Å². The van der Waals surface area contributed by atoms with Gasteiger partial charge in [0.05, 0.1) is 10.9 Å². The number of carbonyl (C=O) groups excluding carboxylic acids is 3. The van der Waals surface area contributed by atoms with Crippen LogP contribution in [0.3, 0.4) is 0 Å². The topological polar surface area (TPSA) is 136 Å². The maximum Gasteiger partial charge on any atom is 0.248 e. The fourth-order valence-electron chi connectivity index (χ4n) is 5.27. The molecule has 3 atom stereocenters. The first-order chi connectivity index (χ1) is 17.3. The van der Waals surface area contributed by atoms with E-state index in [-0.39, 0.29) is 36.0 Å². The summed E-state index contributed by atoms with van der Waals surface area (Å²) in [7, 11) is 0. The van der Waals surface area contributed by atoms with Gasteiger partial charge in [0.1, 0.15) is 40.8 Å². The Morgan fingerprint density at radius 1 is 1.17 bits per heavy atom.